The quantitative estimate of drug-likeness (QED) is 0.609. The molecule has 0 fully saturated rings. The molecule has 0 aromatic heterocycles. The highest BCUT2D eigenvalue weighted by molar-refractivity contribution is 5.46. The number of anilines is 1. The summed E-state index contributed by atoms with van der Waals surface area (Å²) in [7, 11) is 1.52. The zero-order chi connectivity index (χ0) is 13.9. The van der Waals surface area contributed by atoms with E-state index >= 15 is 0 Å². The van der Waals surface area contributed by atoms with Crippen molar-refractivity contribution in [3.05, 3.63) is 29.3 Å². The number of aliphatic hydroxyl groups is 2. The lowest BCUT2D eigenvalue weighted by molar-refractivity contribution is -0.139. The number of benzene rings is 1. The van der Waals surface area contributed by atoms with E-state index in [-0.39, 0.29) is 17.8 Å². The molecule has 0 amide bonds. The highest BCUT2D eigenvalue weighted by Gasteiger charge is 2.36. The molecule has 0 heterocycles. The van der Waals surface area contributed by atoms with Gasteiger partial charge in [-0.3, -0.25) is 0 Å². The number of rotatable bonds is 4. The Labute approximate surface area is 102 Å². The van der Waals surface area contributed by atoms with Crippen molar-refractivity contribution in [2.75, 3.05) is 19.3 Å². The maximum atomic E-state index is 12.8. The summed E-state index contributed by atoms with van der Waals surface area (Å²) in [5.41, 5.74) is 3.82. The highest BCUT2D eigenvalue weighted by atomic mass is 19.4. The van der Waals surface area contributed by atoms with Crippen LogP contribution in [0, 0.1) is 0 Å². The van der Waals surface area contributed by atoms with Crippen LogP contribution < -0.4 is 11.1 Å². The van der Waals surface area contributed by atoms with E-state index in [1.165, 1.54) is 13.1 Å². The number of hydrogen-bond donors (Lipinski definition) is 4. The predicted molar refractivity (Wildman–Crippen MR) is 60.7 cm³/mol. The number of hydrogen-bond acceptors (Lipinski definition) is 4. The molecule has 0 bridgehead atoms. The summed E-state index contributed by atoms with van der Waals surface area (Å²) in [5.74, 6) is 0. The van der Waals surface area contributed by atoms with Gasteiger partial charge in [0.05, 0.1) is 11.7 Å². The zero-order valence-electron chi connectivity index (χ0n) is 9.70. The van der Waals surface area contributed by atoms with Crippen LogP contribution in [0.15, 0.2) is 18.2 Å². The van der Waals surface area contributed by atoms with Gasteiger partial charge in [0.15, 0.2) is 0 Å². The van der Waals surface area contributed by atoms with Crippen molar-refractivity contribution < 1.29 is 23.4 Å². The fourth-order valence-corrected chi connectivity index (χ4v) is 1.61. The van der Waals surface area contributed by atoms with E-state index in [2.05, 4.69) is 5.32 Å². The van der Waals surface area contributed by atoms with Gasteiger partial charge < -0.3 is 21.3 Å². The van der Waals surface area contributed by atoms with Gasteiger partial charge in [0.1, 0.15) is 6.10 Å². The van der Waals surface area contributed by atoms with Crippen LogP contribution in [0.25, 0.3) is 0 Å². The molecule has 2 unspecified atom stereocenters. The first-order valence-corrected chi connectivity index (χ1v) is 5.24. The first kappa shape index (κ1) is 14.7. The van der Waals surface area contributed by atoms with Gasteiger partial charge in [0.25, 0.3) is 0 Å². The van der Waals surface area contributed by atoms with Gasteiger partial charge in [0.2, 0.25) is 0 Å². The number of nitrogen functional groups attached to an aromatic ring is 1. The number of nitrogens with two attached hydrogens (primary N) is 1. The predicted octanol–water partition coefficient (Wildman–Crippen LogP) is 0.901. The van der Waals surface area contributed by atoms with E-state index < -0.39 is 23.9 Å². The second-order valence-electron chi connectivity index (χ2n) is 3.91. The van der Waals surface area contributed by atoms with Gasteiger partial charge in [-0.25, -0.2) is 0 Å². The molecule has 0 saturated heterocycles. The van der Waals surface area contributed by atoms with Crippen LogP contribution in [0.3, 0.4) is 0 Å². The molecule has 18 heavy (non-hydrogen) atoms. The SMILES string of the molecule is CNCC(O)C(O)c1ccc(N)cc1C(F)(F)F. The van der Waals surface area contributed by atoms with Gasteiger partial charge in [-0.15, -0.1) is 0 Å². The summed E-state index contributed by atoms with van der Waals surface area (Å²) < 4.78 is 38.3. The summed E-state index contributed by atoms with van der Waals surface area (Å²) >= 11 is 0. The van der Waals surface area contributed by atoms with Gasteiger partial charge in [0, 0.05) is 12.2 Å². The second-order valence-corrected chi connectivity index (χ2v) is 3.91. The minimum absolute atomic E-state index is 0.0250. The third kappa shape index (κ3) is 3.34. The maximum absolute atomic E-state index is 12.8. The molecular formula is C11H15F3N2O2. The van der Waals surface area contributed by atoms with Crippen LogP contribution in [0.4, 0.5) is 18.9 Å². The smallest absolute Gasteiger partial charge is 0.399 e. The molecule has 0 radical (unpaired) electrons. The molecule has 0 aliphatic carbocycles. The normalized spacial score (nSPS) is 15.4. The third-order valence-electron chi connectivity index (χ3n) is 2.48. The van der Waals surface area contributed by atoms with Gasteiger partial charge in [-0.2, -0.15) is 13.2 Å². The molecule has 1 aromatic carbocycles. The average molecular weight is 264 g/mol. The number of halogens is 3. The summed E-state index contributed by atoms with van der Waals surface area (Å²) in [5, 5.41) is 21.8. The number of alkyl halides is 3. The molecule has 4 nitrogen and oxygen atoms in total. The standard InChI is InChI=1S/C11H15F3N2O2/c1-16-5-9(17)10(18)7-3-2-6(15)4-8(7)11(12,13)14/h2-4,9-10,16-18H,5,15H2,1H3. The Morgan fingerprint density at radius 2 is 1.94 bits per heavy atom. The number of nitrogens with one attached hydrogen (secondary N) is 1. The first-order chi connectivity index (χ1) is 8.27. The third-order valence-corrected chi connectivity index (χ3v) is 2.48. The molecule has 7 heteroatoms. The number of aliphatic hydroxyl groups excluding tert-OH is 2. The van der Waals surface area contributed by atoms with Crippen molar-refractivity contribution in [1.29, 1.82) is 0 Å². The van der Waals surface area contributed by atoms with Crippen LogP contribution in [-0.4, -0.2) is 29.9 Å². The molecule has 0 aliphatic heterocycles. The monoisotopic (exact) mass is 264 g/mol. The molecule has 102 valence electrons. The van der Waals surface area contributed by atoms with E-state index in [4.69, 9.17) is 5.73 Å². The van der Waals surface area contributed by atoms with Crippen molar-refractivity contribution in [2.45, 2.75) is 18.4 Å². The molecule has 0 spiro atoms. The summed E-state index contributed by atoms with van der Waals surface area (Å²) in [6.45, 7) is -0.0250. The van der Waals surface area contributed by atoms with Crippen LogP contribution in [0.5, 0.6) is 0 Å². The molecule has 1 aromatic rings. The van der Waals surface area contributed by atoms with Gasteiger partial charge >= 0.3 is 6.18 Å². The lowest BCUT2D eigenvalue weighted by Gasteiger charge is -2.22. The Morgan fingerprint density at radius 3 is 2.44 bits per heavy atom. The number of likely N-dealkylation sites (N-methyl/N-ethyl adjacent to an activating group) is 1. The molecule has 5 N–H and O–H groups in total. The Bertz CT molecular complexity index is 410. The van der Waals surface area contributed by atoms with Gasteiger partial charge in [-0.05, 0) is 24.7 Å². The van der Waals surface area contributed by atoms with E-state index in [1.807, 2.05) is 0 Å². The largest absolute Gasteiger partial charge is 0.416 e. The van der Waals surface area contributed by atoms with Crippen molar-refractivity contribution >= 4 is 5.69 Å². The Balaban J connectivity index is 3.15. The molecule has 0 aliphatic rings. The second kappa shape index (κ2) is 5.55. The van der Waals surface area contributed by atoms with E-state index in [1.54, 1.807) is 0 Å². The summed E-state index contributed by atoms with van der Waals surface area (Å²) in [6, 6.07) is 3.06. The maximum Gasteiger partial charge on any atom is 0.416 e. The lowest BCUT2D eigenvalue weighted by atomic mass is 9.97. The van der Waals surface area contributed by atoms with Crippen molar-refractivity contribution in [3.8, 4) is 0 Å². The van der Waals surface area contributed by atoms with Crippen LogP contribution in [0.1, 0.15) is 17.2 Å². The summed E-state index contributed by atoms with van der Waals surface area (Å²) in [6.07, 6.45) is -7.60. The minimum Gasteiger partial charge on any atom is -0.399 e. The Kier molecular flexibility index (Phi) is 4.55. The molecule has 0 saturated carbocycles. The van der Waals surface area contributed by atoms with Crippen molar-refractivity contribution in [1.82, 2.24) is 5.32 Å². The lowest BCUT2D eigenvalue weighted by Crippen LogP contribution is -2.30. The van der Waals surface area contributed by atoms with Crippen LogP contribution in [-0.2, 0) is 6.18 Å². The minimum atomic E-state index is -4.63. The zero-order valence-corrected chi connectivity index (χ0v) is 9.70. The molecular weight excluding hydrogens is 249 g/mol. The fourth-order valence-electron chi connectivity index (χ4n) is 1.61. The summed E-state index contributed by atoms with van der Waals surface area (Å²) in [4.78, 5) is 0. The topological polar surface area (TPSA) is 78.5 Å². The highest BCUT2D eigenvalue weighted by Crippen LogP contribution is 2.36. The van der Waals surface area contributed by atoms with Crippen LogP contribution >= 0.6 is 0 Å². The Morgan fingerprint density at radius 1 is 1.33 bits per heavy atom. The Hall–Kier alpha value is -1.31. The first-order valence-electron chi connectivity index (χ1n) is 5.24. The fraction of sp³-hybridized carbons (Fsp3) is 0.455. The molecule has 2 atom stereocenters. The van der Waals surface area contributed by atoms with Crippen LogP contribution in [0.2, 0.25) is 0 Å². The van der Waals surface area contributed by atoms with Crippen molar-refractivity contribution in [3.63, 3.8) is 0 Å². The van der Waals surface area contributed by atoms with Crippen molar-refractivity contribution in [2.24, 2.45) is 0 Å². The average Bonchev–Trinajstić information content (AvgIpc) is 2.27. The van der Waals surface area contributed by atoms with Gasteiger partial charge in [-0.1, -0.05) is 6.07 Å². The van der Waals surface area contributed by atoms with E-state index in [0.717, 1.165) is 12.1 Å². The van der Waals surface area contributed by atoms with E-state index in [0.29, 0.717) is 0 Å². The molecule has 1 rings (SSSR count). The van der Waals surface area contributed by atoms with E-state index in [9.17, 15) is 23.4 Å².